The van der Waals surface area contributed by atoms with E-state index in [4.69, 9.17) is 14.7 Å². The molecule has 4 aromatic carbocycles. The van der Waals surface area contributed by atoms with Gasteiger partial charge in [-0.25, -0.2) is 5.48 Å². The zero-order chi connectivity index (χ0) is 36.2. The van der Waals surface area contributed by atoms with Gasteiger partial charge in [0, 0.05) is 44.5 Å². The molecule has 11 heteroatoms. The van der Waals surface area contributed by atoms with E-state index in [-0.39, 0.29) is 36.9 Å². The van der Waals surface area contributed by atoms with Crippen molar-refractivity contribution in [3.05, 3.63) is 125 Å². The molecule has 5 rings (SSSR count). The van der Waals surface area contributed by atoms with Crippen LogP contribution < -0.4 is 10.8 Å². The summed E-state index contributed by atoms with van der Waals surface area (Å²) in [5, 5.41) is 41.8. The summed E-state index contributed by atoms with van der Waals surface area (Å²) in [5.74, 6) is -0.457. The van der Waals surface area contributed by atoms with E-state index in [2.05, 4.69) is 11.4 Å². The minimum atomic E-state index is -0.785. The highest BCUT2D eigenvalue weighted by Crippen LogP contribution is 2.39. The molecule has 4 aromatic rings. The summed E-state index contributed by atoms with van der Waals surface area (Å²) in [5.41, 5.74) is 7.77. The van der Waals surface area contributed by atoms with Crippen LogP contribution in [0.25, 0.3) is 11.1 Å². The predicted molar refractivity (Wildman–Crippen MR) is 191 cm³/mol. The number of phenols is 1. The Bertz CT molecular complexity index is 1730. The number of nitrogens with zero attached hydrogens (tertiary/aromatic N) is 1. The molecule has 0 radical (unpaired) electrons. The smallest absolute Gasteiger partial charge is 0.243 e. The Balaban J connectivity index is 1.27. The second kappa shape index (κ2) is 18.6. The van der Waals surface area contributed by atoms with Gasteiger partial charge in [0.2, 0.25) is 11.8 Å². The predicted octanol–water partition coefficient (Wildman–Crippen LogP) is 5.44. The van der Waals surface area contributed by atoms with Crippen molar-refractivity contribution in [3.8, 4) is 16.9 Å². The number of aliphatic hydroxyl groups is 2. The van der Waals surface area contributed by atoms with Gasteiger partial charge in [-0.2, -0.15) is 0 Å². The summed E-state index contributed by atoms with van der Waals surface area (Å²) in [6.45, 7) is 1.21. The average molecular weight is 698 g/mol. The third-order valence-corrected chi connectivity index (χ3v) is 8.96. The number of carbonyl (C=O) groups excluding carboxylic acids is 2. The Kier molecular flexibility index (Phi) is 13.7. The Hall–Kier alpha value is -4.62. The van der Waals surface area contributed by atoms with Gasteiger partial charge in [0.15, 0.2) is 6.29 Å². The average Bonchev–Trinajstić information content (AvgIpc) is 3.15. The lowest BCUT2D eigenvalue weighted by molar-refractivity contribution is -0.252. The molecule has 0 spiro atoms. The number of amides is 2. The number of rotatable bonds is 16. The SMILES string of the molecule is CN(C[C@H]1C[C@@H](c2ccc(CO)cc2)O[C@@H](c2cccc(-c3cccc(CNC(=O)CCCCC(=O)NO)c3)c2)O1)C[C@@H](O)c1cccc(O)c1. The monoisotopic (exact) mass is 697 g/mol. The lowest BCUT2D eigenvalue weighted by Gasteiger charge is -2.38. The molecule has 0 saturated carbocycles. The number of phenolic OH excluding ortho intramolecular Hbond substituents is 1. The van der Waals surface area contributed by atoms with Crippen molar-refractivity contribution >= 4 is 11.8 Å². The Labute approximate surface area is 298 Å². The molecule has 1 saturated heterocycles. The molecule has 1 heterocycles. The number of ether oxygens (including phenoxy) is 2. The van der Waals surface area contributed by atoms with Gasteiger partial charge in [-0.3, -0.25) is 14.8 Å². The maximum absolute atomic E-state index is 12.4. The van der Waals surface area contributed by atoms with E-state index in [9.17, 15) is 24.9 Å². The van der Waals surface area contributed by atoms with E-state index in [1.54, 1.807) is 29.7 Å². The number of benzene rings is 4. The number of aromatic hydroxyl groups is 1. The maximum atomic E-state index is 12.4. The highest BCUT2D eigenvalue weighted by molar-refractivity contribution is 5.76. The number of nitrogens with one attached hydrogen (secondary N) is 2. The van der Waals surface area contributed by atoms with Crippen LogP contribution >= 0.6 is 0 Å². The molecular weight excluding hydrogens is 650 g/mol. The summed E-state index contributed by atoms with van der Waals surface area (Å²) >= 11 is 0. The van der Waals surface area contributed by atoms with Gasteiger partial charge < -0.3 is 35.0 Å². The van der Waals surface area contributed by atoms with E-state index in [1.807, 2.05) is 78.7 Å². The summed E-state index contributed by atoms with van der Waals surface area (Å²) in [6.07, 6.45) is 0.166. The van der Waals surface area contributed by atoms with Crippen LogP contribution in [-0.4, -0.2) is 63.5 Å². The van der Waals surface area contributed by atoms with Crippen LogP contribution in [0.3, 0.4) is 0 Å². The molecule has 1 fully saturated rings. The van der Waals surface area contributed by atoms with E-state index in [0.29, 0.717) is 50.9 Å². The Morgan fingerprint density at radius 1 is 0.843 bits per heavy atom. The first-order chi connectivity index (χ1) is 24.7. The molecule has 270 valence electrons. The van der Waals surface area contributed by atoms with Crippen molar-refractivity contribution < 1.29 is 39.6 Å². The van der Waals surface area contributed by atoms with E-state index < -0.39 is 18.3 Å². The van der Waals surface area contributed by atoms with Crippen LogP contribution in [0.15, 0.2) is 97.1 Å². The lowest BCUT2D eigenvalue weighted by Crippen LogP contribution is -2.39. The molecule has 1 aliphatic rings. The third kappa shape index (κ3) is 11.2. The molecule has 1 aliphatic heterocycles. The van der Waals surface area contributed by atoms with Crippen LogP contribution in [0, 0.1) is 0 Å². The van der Waals surface area contributed by atoms with Crippen molar-refractivity contribution in [2.75, 3.05) is 20.1 Å². The first-order valence-corrected chi connectivity index (χ1v) is 17.3. The minimum Gasteiger partial charge on any atom is -0.508 e. The molecule has 11 nitrogen and oxygen atoms in total. The van der Waals surface area contributed by atoms with E-state index >= 15 is 0 Å². The van der Waals surface area contributed by atoms with Gasteiger partial charge in [0.05, 0.1) is 24.9 Å². The van der Waals surface area contributed by atoms with Crippen LogP contribution in [-0.2, 0) is 32.2 Å². The van der Waals surface area contributed by atoms with Crippen molar-refractivity contribution in [2.45, 2.75) is 69.9 Å². The molecule has 0 aromatic heterocycles. The molecule has 0 aliphatic carbocycles. The number of likely N-dealkylation sites (N-methyl/N-ethyl adjacent to an activating group) is 1. The zero-order valence-corrected chi connectivity index (χ0v) is 28.8. The van der Waals surface area contributed by atoms with Crippen LogP contribution in [0.4, 0.5) is 0 Å². The molecule has 51 heavy (non-hydrogen) atoms. The van der Waals surface area contributed by atoms with Gasteiger partial charge in [0.1, 0.15) is 5.75 Å². The first kappa shape index (κ1) is 37.6. The minimum absolute atomic E-state index is 0.0414. The molecular formula is C40H47N3O8. The maximum Gasteiger partial charge on any atom is 0.243 e. The van der Waals surface area contributed by atoms with Crippen LogP contribution in [0.1, 0.15) is 78.4 Å². The number of hydrogen-bond acceptors (Lipinski definition) is 9. The first-order valence-electron chi connectivity index (χ1n) is 17.3. The number of aliphatic hydroxyl groups excluding tert-OH is 2. The van der Waals surface area contributed by atoms with Gasteiger partial charge >= 0.3 is 0 Å². The summed E-state index contributed by atoms with van der Waals surface area (Å²) in [6, 6.07) is 30.4. The lowest BCUT2D eigenvalue weighted by atomic mass is 9.98. The van der Waals surface area contributed by atoms with Gasteiger partial charge in [-0.1, -0.05) is 72.8 Å². The fourth-order valence-electron chi connectivity index (χ4n) is 6.23. The van der Waals surface area contributed by atoms with E-state index in [1.165, 1.54) is 0 Å². The van der Waals surface area contributed by atoms with Gasteiger partial charge in [-0.05, 0) is 77.5 Å². The van der Waals surface area contributed by atoms with Gasteiger partial charge in [-0.15, -0.1) is 0 Å². The van der Waals surface area contributed by atoms with Crippen molar-refractivity contribution in [2.24, 2.45) is 0 Å². The van der Waals surface area contributed by atoms with E-state index in [0.717, 1.165) is 33.4 Å². The van der Waals surface area contributed by atoms with Crippen molar-refractivity contribution in [1.29, 1.82) is 0 Å². The van der Waals surface area contributed by atoms with Gasteiger partial charge in [0.25, 0.3) is 0 Å². The summed E-state index contributed by atoms with van der Waals surface area (Å²) in [7, 11) is 1.93. The fourth-order valence-corrected chi connectivity index (χ4v) is 6.23. The third-order valence-electron chi connectivity index (χ3n) is 8.96. The number of hydrogen-bond donors (Lipinski definition) is 6. The zero-order valence-electron chi connectivity index (χ0n) is 28.8. The summed E-state index contributed by atoms with van der Waals surface area (Å²) < 4.78 is 13.2. The molecule has 4 atom stereocenters. The Morgan fingerprint density at radius 2 is 1.55 bits per heavy atom. The highest BCUT2D eigenvalue weighted by atomic mass is 16.7. The van der Waals surface area contributed by atoms with Crippen molar-refractivity contribution in [3.63, 3.8) is 0 Å². The van der Waals surface area contributed by atoms with Crippen LogP contribution in [0.5, 0.6) is 5.75 Å². The molecule has 0 bridgehead atoms. The molecule has 0 unspecified atom stereocenters. The molecule has 2 amide bonds. The van der Waals surface area contributed by atoms with Crippen LogP contribution in [0.2, 0.25) is 0 Å². The number of hydroxylamine groups is 1. The number of unbranched alkanes of at least 4 members (excludes halogenated alkanes) is 1. The molecule has 6 N–H and O–H groups in total. The summed E-state index contributed by atoms with van der Waals surface area (Å²) in [4.78, 5) is 25.5. The normalized spacial score (nSPS) is 17.9. The largest absolute Gasteiger partial charge is 0.508 e. The van der Waals surface area contributed by atoms with Crippen molar-refractivity contribution in [1.82, 2.24) is 15.7 Å². The fraction of sp³-hybridized carbons (Fsp3) is 0.350. The Morgan fingerprint density at radius 3 is 2.27 bits per heavy atom. The number of carbonyl (C=O) groups is 2. The topological polar surface area (TPSA) is 161 Å². The second-order valence-electron chi connectivity index (χ2n) is 13.0. The second-order valence-corrected chi connectivity index (χ2v) is 13.0. The standard InChI is InChI=1S/C40H47N3O8/c1-43(25-36(46)32-10-6-12-34(45)21-32)24-35-22-37(29-17-15-27(26-44)16-18-29)51-40(50-35)33-11-5-9-31(20-33)30-8-4-7-28(19-30)23-41-38(47)13-2-3-14-39(48)42-49/h4-12,15-21,35-37,40,44-46,49H,2-3,13-14,22-26H2,1H3,(H,41,47)(H,42,48)/t35-,36-,37+,40+/m1/s1. The quantitative estimate of drug-likeness (QED) is 0.0509. The highest BCUT2D eigenvalue weighted by Gasteiger charge is 2.33.